The molecule has 0 spiro atoms. The van der Waals surface area contributed by atoms with E-state index >= 15 is 0 Å². The molecule has 0 aromatic rings. The standard InChI is InChI=1S/C8H14Br2O/c1-2-3-4-5-6-7(9)8(10)11/h7H,2-6H2,1H3/t7-/m1/s1. The van der Waals surface area contributed by atoms with Gasteiger partial charge in [0.2, 0.25) is 4.69 Å². The van der Waals surface area contributed by atoms with Crippen LogP contribution in [0.15, 0.2) is 0 Å². The molecule has 0 aromatic heterocycles. The van der Waals surface area contributed by atoms with Gasteiger partial charge in [-0.15, -0.1) is 0 Å². The Hall–Kier alpha value is 0.630. The highest BCUT2D eigenvalue weighted by Crippen LogP contribution is 2.14. The van der Waals surface area contributed by atoms with Crippen molar-refractivity contribution in [1.29, 1.82) is 0 Å². The first-order valence-corrected chi connectivity index (χ1v) is 5.72. The molecule has 3 heteroatoms. The summed E-state index contributed by atoms with van der Waals surface area (Å²) in [5, 5.41) is 0. The van der Waals surface area contributed by atoms with Gasteiger partial charge in [0.1, 0.15) is 0 Å². The molecule has 0 aliphatic carbocycles. The molecule has 0 aromatic carbocycles. The van der Waals surface area contributed by atoms with E-state index in [-0.39, 0.29) is 9.52 Å². The lowest BCUT2D eigenvalue weighted by molar-refractivity contribution is -0.109. The number of hydrogen-bond acceptors (Lipinski definition) is 1. The van der Waals surface area contributed by atoms with Crippen molar-refractivity contribution in [2.45, 2.75) is 43.9 Å². The zero-order chi connectivity index (χ0) is 8.69. The Morgan fingerprint density at radius 1 is 1.36 bits per heavy atom. The molecule has 0 N–H and O–H groups in total. The Bertz CT molecular complexity index is 115. The minimum Gasteiger partial charge on any atom is -0.285 e. The number of carbonyl (C=O) groups is 1. The van der Waals surface area contributed by atoms with Gasteiger partial charge in [0.25, 0.3) is 0 Å². The molecule has 0 bridgehead atoms. The van der Waals surface area contributed by atoms with E-state index in [1.807, 2.05) is 0 Å². The van der Waals surface area contributed by atoms with Crippen molar-refractivity contribution in [2.24, 2.45) is 0 Å². The van der Waals surface area contributed by atoms with Gasteiger partial charge in [0.15, 0.2) is 0 Å². The van der Waals surface area contributed by atoms with Crippen molar-refractivity contribution < 1.29 is 4.79 Å². The van der Waals surface area contributed by atoms with E-state index in [1.54, 1.807) is 0 Å². The van der Waals surface area contributed by atoms with Crippen molar-refractivity contribution in [3.05, 3.63) is 0 Å². The van der Waals surface area contributed by atoms with E-state index in [4.69, 9.17) is 0 Å². The van der Waals surface area contributed by atoms with Crippen LogP contribution in [-0.2, 0) is 4.79 Å². The molecule has 66 valence electrons. The van der Waals surface area contributed by atoms with E-state index in [0.717, 1.165) is 12.8 Å². The molecule has 0 amide bonds. The number of rotatable bonds is 6. The third-order valence-corrected chi connectivity index (χ3v) is 3.60. The van der Waals surface area contributed by atoms with Gasteiger partial charge in [0.05, 0.1) is 4.83 Å². The summed E-state index contributed by atoms with van der Waals surface area (Å²) < 4.78 is 0.0639. The van der Waals surface area contributed by atoms with Crippen LogP contribution >= 0.6 is 31.9 Å². The van der Waals surface area contributed by atoms with Crippen LogP contribution in [-0.4, -0.2) is 9.52 Å². The van der Waals surface area contributed by atoms with Gasteiger partial charge in [-0.1, -0.05) is 48.5 Å². The molecule has 11 heavy (non-hydrogen) atoms. The molecule has 0 radical (unpaired) electrons. The third-order valence-electron chi connectivity index (χ3n) is 1.56. The van der Waals surface area contributed by atoms with Gasteiger partial charge in [-0.25, -0.2) is 0 Å². The molecule has 1 nitrogen and oxygen atoms in total. The van der Waals surface area contributed by atoms with Crippen LogP contribution in [0.3, 0.4) is 0 Å². The number of unbranched alkanes of at least 4 members (excludes halogenated alkanes) is 3. The third kappa shape index (κ3) is 7.01. The Morgan fingerprint density at radius 2 is 2.00 bits per heavy atom. The molecule has 0 saturated carbocycles. The van der Waals surface area contributed by atoms with Crippen molar-refractivity contribution in [3.8, 4) is 0 Å². The van der Waals surface area contributed by atoms with Crippen molar-refractivity contribution in [3.63, 3.8) is 0 Å². The van der Waals surface area contributed by atoms with E-state index in [0.29, 0.717) is 0 Å². The summed E-state index contributed by atoms with van der Waals surface area (Å²) >= 11 is 6.22. The highest BCUT2D eigenvalue weighted by atomic mass is 79.9. The van der Waals surface area contributed by atoms with Crippen molar-refractivity contribution in [1.82, 2.24) is 0 Å². The number of alkyl halides is 1. The van der Waals surface area contributed by atoms with Crippen LogP contribution in [0.4, 0.5) is 0 Å². The van der Waals surface area contributed by atoms with Crippen LogP contribution in [0.5, 0.6) is 0 Å². The fourth-order valence-corrected chi connectivity index (χ4v) is 1.42. The molecule has 0 saturated heterocycles. The summed E-state index contributed by atoms with van der Waals surface area (Å²) in [6.07, 6.45) is 5.84. The van der Waals surface area contributed by atoms with Gasteiger partial charge < -0.3 is 0 Å². The Balaban J connectivity index is 3.17. The average Bonchev–Trinajstić information content (AvgIpc) is 1.97. The van der Waals surface area contributed by atoms with Crippen LogP contribution in [0.2, 0.25) is 0 Å². The normalized spacial score (nSPS) is 13.0. The molecule has 0 aliphatic rings. The van der Waals surface area contributed by atoms with E-state index in [2.05, 4.69) is 38.8 Å². The lowest BCUT2D eigenvalue weighted by Crippen LogP contribution is -2.05. The summed E-state index contributed by atoms with van der Waals surface area (Å²) in [7, 11) is 0. The van der Waals surface area contributed by atoms with Crippen molar-refractivity contribution in [2.75, 3.05) is 0 Å². The van der Waals surface area contributed by atoms with Gasteiger partial charge in [0, 0.05) is 0 Å². The summed E-state index contributed by atoms with van der Waals surface area (Å²) in [4.78, 5) is 10.7. The minimum atomic E-state index is 0.0133. The van der Waals surface area contributed by atoms with Crippen LogP contribution in [0.1, 0.15) is 39.0 Å². The maximum atomic E-state index is 10.7. The fraction of sp³-hybridized carbons (Fsp3) is 0.875. The second-order valence-electron chi connectivity index (χ2n) is 2.62. The first kappa shape index (κ1) is 11.6. The van der Waals surface area contributed by atoms with Crippen molar-refractivity contribution >= 4 is 36.6 Å². The Kier molecular flexibility index (Phi) is 7.71. The maximum absolute atomic E-state index is 10.7. The van der Waals surface area contributed by atoms with Gasteiger partial charge in [-0.3, -0.25) is 4.79 Å². The van der Waals surface area contributed by atoms with E-state index in [1.165, 1.54) is 19.3 Å². The van der Waals surface area contributed by atoms with Gasteiger partial charge in [-0.05, 0) is 22.4 Å². The molecular formula is C8H14Br2O. The van der Waals surface area contributed by atoms with Crippen LogP contribution in [0, 0.1) is 0 Å². The largest absolute Gasteiger partial charge is 0.285 e. The summed E-state index contributed by atoms with van der Waals surface area (Å²) in [5.41, 5.74) is 0. The zero-order valence-electron chi connectivity index (χ0n) is 6.78. The summed E-state index contributed by atoms with van der Waals surface area (Å²) in [6, 6.07) is 0. The molecule has 0 rings (SSSR count). The van der Waals surface area contributed by atoms with Gasteiger partial charge in [-0.2, -0.15) is 0 Å². The van der Waals surface area contributed by atoms with E-state index < -0.39 is 0 Å². The smallest absolute Gasteiger partial charge is 0.211 e. The Morgan fingerprint density at radius 3 is 2.45 bits per heavy atom. The zero-order valence-corrected chi connectivity index (χ0v) is 9.95. The molecule has 0 aliphatic heterocycles. The topological polar surface area (TPSA) is 17.1 Å². The number of halogens is 2. The first-order valence-electron chi connectivity index (χ1n) is 4.02. The molecule has 0 unspecified atom stereocenters. The molecule has 0 fully saturated rings. The van der Waals surface area contributed by atoms with Crippen LogP contribution in [0.25, 0.3) is 0 Å². The molecule has 1 atom stereocenters. The molecular weight excluding hydrogens is 272 g/mol. The average molecular weight is 286 g/mol. The summed E-state index contributed by atoms with van der Waals surface area (Å²) in [6.45, 7) is 2.18. The summed E-state index contributed by atoms with van der Waals surface area (Å²) in [5.74, 6) is 0. The highest BCUT2D eigenvalue weighted by molar-refractivity contribution is 9.20. The van der Waals surface area contributed by atoms with Crippen LogP contribution < -0.4 is 0 Å². The molecule has 0 heterocycles. The minimum absolute atomic E-state index is 0.0133. The lowest BCUT2D eigenvalue weighted by atomic mass is 10.1. The fourth-order valence-electron chi connectivity index (χ4n) is 0.864. The lowest BCUT2D eigenvalue weighted by Gasteiger charge is -2.02. The number of hydrogen-bond donors (Lipinski definition) is 0. The van der Waals surface area contributed by atoms with Gasteiger partial charge >= 0.3 is 0 Å². The Labute approximate surface area is 85.2 Å². The quantitative estimate of drug-likeness (QED) is 0.414. The number of carbonyl (C=O) groups excluding carboxylic acids is 1. The monoisotopic (exact) mass is 284 g/mol. The SMILES string of the molecule is CCCCCC[C@@H](Br)C(=O)Br. The predicted molar refractivity (Wildman–Crippen MR) is 55.4 cm³/mol. The second-order valence-corrected chi connectivity index (χ2v) is 4.51. The first-order chi connectivity index (χ1) is 5.18. The predicted octanol–water partition coefficient (Wildman–Crippen LogP) is 3.64. The van der Waals surface area contributed by atoms with E-state index in [9.17, 15) is 4.79 Å². The maximum Gasteiger partial charge on any atom is 0.211 e. The second kappa shape index (κ2) is 7.29. The highest BCUT2D eigenvalue weighted by Gasteiger charge is 2.09.